The van der Waals surface area contributed by atoms with E-state index in [1.165, 1.54) is 0 Å². The number of carbonyl (C=O) groups is 1. The molecule has 1 unspecified atom stereocenters. The summed E-state index contributed by atoms with van der Waals surface area (Å²) in [6, 6.07) is 5.74. The Bertz CT molecular complexity index is 1040. The minimum Gasteiger partial charge on any atom is -0.376 e. The Labute approximate surface area is 171 Å². The van der Waals surface area contributed by atoms with Gasteiger partial charge in [-0.15, -0.1) is 11.3 Å². The van der Waals surface area contributed by atoms with E-state index < -0.39 is 5.91 Å². The van der Waals surface area contributed by atoms with E-state index in [1.807, 2.05) is 17.5 Å². The molecule has 3 aromatic rings. The summed E-state index contributed by atoms with van der Waals surface area (Å²) in [7, 11) is 0. The number of pyridine rings is 1. The SMILES string of the molecule is Cc1ccn(CC2CCCO2)c(=O)c1C(=O)NCc1noc(Cc2cccs2)n1. The number of aromatic nitrogens is 3. The van der Waals surface area contributed by atoms with Crippen LogP contribution in [0.3, 0.4) is 0 Å². The Balaban J connectivity index is 1.41. The Hall–Kier alpha value is -2.78. The van der Waals surface area contributed by atoms with Crippen molar-refractivity contribution in [2.75, 3.05) is 6.61 Å². The van der Waals surface area contributed by atoms with Crippen molar-refractivity contribution in [3.63, 3.8) is 0 Å². The molecule has 1 amide bonds. The van der Waals surface area contributed by atoms with Crippen molar-refractivity contribution in [2.45, 2.75) is 45.4 Å². The van der Waals surface area contributed by atoms with Gasteiger partial charge >= 0.3 is 0 Å². The number of nitrogens with zero attached hydrogens (tertiary/aromatic N) is 3. The van der Waals surface area contributed by atoms with E-state index in [-0.39, 0.29) is 23.8 Å². The summed E-state index contributed by atoms with van der Waals surface area (Å²) in [6.45, 7) is 3.01. The summed E-state index contributed by atoms with van der Waals surface area (Å²) < 4.78 is 12.4. The number of amides is 1. The minimum absolute atomic E-state index is 0.0208. The Morgan fingerprint density at radius 1 is 1.41 bits per heavy atom. The summed E-state index contributed by atoms with van der Waals surface area (Å²) >= 11 is 1.61. The van der Waals surface area contributed by atoms with Crippen LogP contribution in [-0.4, -0.2) is 33.3 Å². The first-order valence-electron chi connectivity index (χ1n) is 9.54. The molecular formula is C20H22N4O4S. The van der Waals surface area contributed by atoms with Crippen LogP contribution in [0.2, 0.25) is 0 Å². The first-order valence-corrected chi connectivity index (χ1v) is 10.4. The maximum Gasteiger partial charge on any atom is 0.263 e. The van der Waals surface area contributed by atoms with Gasteiger partial charge in [0.2, 0.25) is 5.89 Å². The van der Waals surface area contributed by atoms with Crippen LogP contribution in [0.15, 0.2) is 39.1 Å². The first-order chi connectivity index (χ1) is 14.1. The normalized spacial score (nSPS) is 16.2. The molecule has 8 nitrogen and oxygen atoms in total. The second kappa shape index (κ2) is 8.71. The van der Waals surface area contributed by atoms with Gasteiger partial charge < -0.3 is 19.1 Å². The van der Waals surface area contributed by atoms with Crippen LogP contribution in [0.4, 0.5) is 0 Å². The lowest BCUT2D eigenvalue weighted by molar-refractivity contribution is 0.0927. The summed E-state index contributed by atoms with van der Waals surface area (Å²) in [5.74, 6) is 0.420. The molecule has 9 heteroatoms. The van der Waals surface area contributed by atoms with Crippen LogP contribution in [0.5, 0.6) is 0 Å². The van der Waals surface area contributed by atoms with Crippen LogP contribution in [0.1, 0.15) is 45.4 Å². The Morgan fingerprint density at radius 2 is 2.31 bits per heavy atom. The molecule has 0 saturated carbocycles. The van der Waals surface area contributed by atoms with Crippen molar-refractivity contribution < 1.29 is 14.1 Å². The minimum atomic E-state index is -0.446. The van der Waals surface area contributed by atoms with Gasteiger partial charge in [-0.1, -0.05) is 11.2 Å². The zero-order chi connectivity index (χ0) is 20.2. The molecule has 4 rings (SSSR count). The number of thiophene rings is 1. The van der Waals surface area contributed by atoms with Gasteiger partial charge in [-0.25, -0.2) is 0 Å². The Kier molecular flexibility index (Phi) is 5.86. The highest BCUT2D eigenvalue weighted by Crippen LogP contribution is 2.15. The summed E-state index contributed by atoms with van der Waals surface area (Å²) in [5.41, 5.74) is 0.444. The highest BCUT2D eigenvalue weighted by atomic mass is 32.1. The van der Waals surface area contributed by atoms with Crippen LogP contribution >= 0.6 is 11.3 Å². The van der Waals surface area contributed by atoms with Gasteiger partial charge in [0.25, 0.3) is 11.5 Å². The molecule has 0 aliphatic carbocycles. The van der Waals surface area contributed by atoms with Gasteiger partial charge in [-0.3, -0.25) is 9.59 Å². The molecule has 1 saturated heterocycles. The van der Waals surface area contributed by atoms with Crippen molar-refractivity contribution in [3.8, 4) is 0 Å². The van der Waals surface area contributed by atoms with Gasteiger partial charge in [-0.05, 0) is 42.8 Å². The number of hydrogen-bond donors (Lipinski definition) is 1. The lowest BCUT2D eigenvalue weighted by Crippen LogP contribution is -2.35. The molecule has 1 N–H and O–H groups in total. The van der Waals surface area contributed by atoms with Crippen LogP contribution in [0, 0.1) is 6.92 Å². The zero-order valence-electron chi connectivity index (χ0n) is 16.1. The van der Waals surface area contributed by atoms with E-state index in [4.69, 9.17) is 9.26 Å². The van der Waals surface area contributed by atoms with Crippen LogP contribution in [-0.2, 0) is 24.2 Å². The smallest absolute Gasteiger partial charge is 0.263 e. The van der Waals surface area contributed by atoms with Crippen molar-refractivity contribution in [1.82, 2.24) is 20.0 Å². The monoisotopic (exact) mass is 414 g/mol. The molecule has 1 aliphatic heterocycles. The van der Waals surface area contributed by atoms with Crippen molar-refractivity contribution in [1.29, 1.82) is 0 Å². The molecule has 4 heterocycles. The molecule has 152 valence electrons. The summed E-state index contributed by atoms with van der Waals surface area (Å²) in [6.07, 6.45) is 4.22. The van der Waals surface area contributed by atoms with Crippen LogP contribution in [0.25, 0.3) is 0 Å². The molecule has 3 aromatic heterocycles. The van der Waals surface area contributed by atoms with E-state index in [0.29, 0.717) is 30.2 Å². The average molecular weight is 414 g/mol. The highest BCUT2D eigenvalue weighted by Gasteiger charge is 2.20. The predicted molar refractivity (Wildman–Crippen MR) is 107 cm³/mol. The van der Waals surface area contributed by atoms with E-state index in [2.05, 4.69) is 15.5 Å². The average Bonchev–Trinajstić information content (AvgIpc) is 3.46. The molecule has 1 atom stereocenters. The number of nitrogens with one attached hydrogen (secondary N) is 1. The largest absolute Gasteiger partial charge is 0.376 e. The lowest BCUT2D eigenvalue weighted by atomic mass is 10.1. The van der Waals surface area contributed by atoms with Gasteiger partial charge in [0.05, 0.1) is 25.6 Å². The molecule has 0 aromatic carbocycles. The molecule has 29 heavy (non-hydrogen) atoms. The number of rotatable bonds is 7. The van der Waals surface area contributed by atoms with E-state index in [9.17, 15) is 9.59 Å². The number of aryl methyl sites for hydroxylation is 1. The summed E-state index contributed by atoms with van der Waals surface area (Å²) in [5, 5.41) is 8.61. The first kappa shape index (κ1) is 19.5. The third-order valence-corrected chi connectivity index (χ3v) is 5.72. The molecule has 0 spiro atoms. The second-order valence-corrected chi connectivity index (χ2v) is 8.04. The fourth-order valence-electron chi connectivity index (χ4n) is 3.34. The number of ether oxygens (including phenoxy) is 1. The molecule has 0 bridgehead atoms. The number of hydrogen-bond acceptors (Lipinski definition) is 7. The van der Waals surface area contributed by atoms with Gasteiger partial charge in [0.15, 0.2) is 5.82 Å². The highest BCUT2D eigenvalue weighted by molar-refractivity contribution is 7.09. The lowest BCUT2D eigenvalue weighted by Gasteiger charge is -2.14. The fraction of sp³-hybridized carbons (Fsp3) is 0.400. The molecule has 1 fully saturated rings. The third-order valence-electron chi connectivity index (χ3n) is 4.85. The van der Waals surface area contributed by atoms with Crippen LogP contribution < -0.4 is 10.9 Å². The second-order valence-electron chi connectivity index (χ2n) is 7.01. The molecule has 1 aliphatic rings. The summed E-state index contributed by atoms with van der Waals surface area (Å²) in [4.78, 5) is 30.9. The van der Waals surface area contributed by atoms with E-state index in [0.717, 1.165) is 24.3 Å². The fourth-order valence-corrected chi connectivity index (χ4v) is 4.03. The zero-order valence-corrected chi connectivity index (χ0v) is 16.9. The third kappa shape index (κ3) is 4.63. The maximum absolute atomic E-state index is 12.8. The van der Waals surface area contributed by atoms with E-state index >= 15 is 0 Å². The quantitative estimate of drug-likeness (QED) is 0.637. The molecular weight excluding hydrogens is 392 g/mol. The van der Waals surface area contributed by atoms with Gasteiger partial charge in [0, 0.05) is 17.7 Å². The molecule has 0 radical (unpaired) electrons. The topological polar surface area (TPSA) is 99.2 Å². The van der Waals surface area contributed by atoms with Gasteiger partial charge in [-0.2, -0.15) is 4.98 Å². The van der Waals surface area contributed by atoms with Crippen molar-refractivity contribution in [2.24, 2.45) is 0 Å². The maximum atomic E-state index is 12.8. The van der Waals surface area contributed by atoms with Crippen molar-refractivity contribution >= 4 is 17.2 Å². The van der Waals surface area contributed by atoms with E-state index in [1.54, 1.807) is 35.1 Å². The predicted octanol–water partition coefficient (Wildman–Crippen LogP) is 2.30. The van der Waals surface area contributed by atoms with Gasteiger partial charge in [0.1, 0.15) is 5.56 Å². The number of carbonyl (C=O) groups excluding carboxylic acids is 1. The standard InChI is InChI=1S/C20H22N4O4S/c1-13-6-7-24(12-14-4-2-8-27-14)20(26)18(13)19(25)21-11-16-22-17(28-23-16)10-15-5-3-9-29-15/h3,5-7,9,14H,2,4,8,10-12H2,1H3,(H,21,25). The van der Waals surface area contributed by atoms with Crippen molar-refractivity contribution in [3.05, 3.63) is 67.8 Å². The Morgan fingerprint density at radius 3 is 3.07 bits per heavy atom.